The molecule has 0 saturated heterocycles. The molecule has 0 saturated carbocycles. The van der Waals surface area contributed by atoms with Crippen LogP contribution in [0.15, 0.2) is 59.2 Å². The maximum absolute atomic E-state index is 13.4. The zero-order valence-electron chi connectivity index (χ0n) is 20.4. The zero-order valence-corrected chi connectivity index (χ0v) is 21.2. The average molecular weight is 496 g/mol. The molecule has 8 nitrogen and oxygen atoms in total. The quantitative estimate of drug-likeness (QED) is 0.530. The van der Waals surface area contributed by atoms with Crippen molar-refractivity contribution in [2.75, 3.05) is 24.9 Å². The molecular formula is C26H29N3O5S. The molecule has 0 aromatic heterocycles. The smallest absolute Gasteiger partial charge is 0.283 e. The van der Waals surface area contributed by atoms with Gasteiger partial charge in [-0.3, -0.25) is 19.3 Å². The molecule has 0 fully saturated rings. The number of aliphatic imine (C=N–C) groups is 1. The number of Topliss-reactive ketones (excluding diaryl/α,β-unsaturated/α-hetero) is 1. The standard InChI is InChI=1S/C26H29N3O5S/c1-16(2)24(17(3)30)28-23(31)15-35-26-27-22(13-18-9-11-20(33-4)12-10-18)25(32)29(26)19-7-6-8-21(14-19)34-5/h6-14,16,24H,15H2,1-5H3,(H,28,31)/b22-13-. The van der Waals surface area contributed by atoms with E-state index in [0.717, 1.165) is 17.3 Å². The Morgan fingerprint density at radius 2 is 1.77 bits per heavy atom. The fourth-order valence-corrected chi connectivity index (χ4v) is 4.34. The number of carbonyl (C=O) groups is 3. The van der Waals surface area contributed by atoms with Crippen LogP contribution in [0.5, 0.6) is 11.5 Å². The van der Waals surface area contributed by atoms with Gasteiger partial charge in [-0.05, 0) is 48.7 Å². The topological polar surface area (TPSA) is 97.3 Å². The van der Waals surface area contributed by atoms with Gasteiger partial charge in [0.25, 0.3) is 5.91 Å². The van der Waals surface area contributed by atoms with E-state index in [2.05, 4.69) is 10.3 Å². The highest BCUT2D eigenvalue weighted by atomic mass is 32.2. The summed E-state index contributed by atoms with van der Waals surface area (Å²) >= 11 is 1.13. The molecule has 0 spiro atoms. The molecule has 184 valence electrons. The second-order valence-corrected chi connectivity index (χ2v) is 9.17. The van der Waals surface area contributed by atoms with E-state index in [1.54, 1.807) is 56.7 Å². The van der Waals surface area contributed by atoms with Gasteiger partial charge in [0.2, 0.25) is 5.91 Å². The van der Waals surface area contributed by atoms with Crippen LogP contribution in [-0.2, 0) is 14.4 Å². The molecule has 1 unspecified atom stereocenters. The maximum Gasteiger partial charge on any atom is 0.283 e. The molecule has 2 aromatic carbocycles. The largest absolute Gasteiger partial charge is 0.497 e. The van der Waals surface area contributed by atoms with Crippen molar-refractivity contribution in [3.05, 3.63) is 59.8 Å². The normalized spacial score (nSPS) is 15.3. The molecule has 1 heterocycles. The van der Waals surface area contributed by atoms with Gasteiger partial charge < -0.3 is 14.8 Å². The number of nitrogens with one attached hydrogen (secondary N) is 1. The Labute approximate surface area is 209 Å². The van der Waals surface area contributed by atoms with Crippen LogP contribution < -0.4 is 19.7 Å². The lowest BCUT2D eigenvalue weighted by Crippen LogP contribution is -2.44. The van der Waals surface area contributed by atoms with Crippen LogP contribution in [0.1, 0.15) is 26.3 Å². The van der Waals surface area contributed by atoms with Crippen LogP contribution in [0.25, 0.3) is 6.08 Å². The number of carbonyl (C=O) groups excluding carboxylic acids is 3. The Kier molecular flexibility index (Phi) is 8.70. The van der Waals surface area contributed by atoms with Crippen molar-refractivity contribution >= 4 is 46.3 Å². The third-order valence-electron chi connectivity index (χ3n) is 5.31. The van der Waals surface area contributed by atoms with E-state index in [-0.39, 0.29) is 35.0 Å². The van der Waals surface area contributed by atoms with Crippen LogP contribution in [0.3, 0.4) is 0 Å². The first kappa shape index (κ1) is 26.0. The number of methoxy groups -OCH3 is 2. The molecule has 3 rings (SSSR count). The van der Waals surface area contributed by atoms with Gasteiger partial charge in [0, 0.05) is 6.07 Å². The number of thioether (sulfide) groups is 1. The molecule has 0 radical (unpaired) electrons. The maximum atomic E-state index is 13.4. The number of nitrogens with zero attached hydrogens (tertiary/aromatic N) is 2. The van der Waals surface area contributed by atoms with Crippen molar-refractivity contribution in [3.63, 3.8) is 0 Å². The van der Waals surface area contributed by atoms with Gasteiger partial charge in [-0.2, -0.15) is 0 Å². The zero-order chi connectivity index (χ0) is 25.5. The van der Waals surface area contributed by atoms with Gasteiger partial charge in [-0.25, -0.2) is 4.99 Å². The summed E-state index contributed by atoms with van der Waals surface area (Å²) in [6, 6.07) is 13.8. The van der Waals surface area contributed by atoms with Gasteiger partial charge in [0.1, 0.15) is 17.2 Å². The predicted octanol–water partition coefficient (Wildman–Crippen LogP) is 3.91. The van der Waals surface area contributed by atoms with E-state index in [4.69, 9.17) is 9.47 Å². The van der Waals surface area contributed by atoms with Crippen molar-refractivity contribution in [2.45, 2.75) is 26.8 Å². The summed E-state index contributed by atoms with van der Waals surface area (Å²) in [5, 5.41) is 3.13. The number of rotatable bonds is 9. The molecule has 1 aliphatic heterocycles. The number of amides is 2. The van der Waals surface area contributed by atoms with Crippen LogP contribution in [0, 0.1) is 5.92 Å². The highest BCUT2D eigenvalue weighted by Gasteiger charge is 2.33. The van der Waals surface area contributed by atoms with Crippen molar-refractivity contribution < 1.29 is 23.9 Å². The molecule has 1 aliphatic rings. The van der Waals surface area contributed by atoms with Gasteiger partial charge >= 0.3 is 0 Å². The summed E-state index contributed by atoms with van der Waals surface area (Å²) in [6.07, 6.45) is 1.69. The molecular weight excluding hydrogens is 466 g/mol. The van der Waals surface area contributed by atoms with Gasteiger partial charge in [0.05, 0.1) is 31.7 Å². The van der Waals surface area contributed by atoms with E-state index in [1.165, 1.54) is 11.8 Å². The van der Waals surface area contributed by atoms with Gasteiger partial charge in [-0.15, -0.1) is 0 Å². The van der Waals surface area contributed by atoms with Crippen LogP contribution in [0.4, 0.5) is 5.69 Å². The highest BCUT2D eigenvalue weighted by Crippen LogP contribution is 2.31. The lowest BCUT2D eigenvalue weighted by atomic mass is 10.0. The number of ketones is 1. The van der Waals surface area contributed by atoms with E-state index in [9.17, 15) is 14.4 Å². The van der Waals surface area contributed by atoms with E-state index in [1.807, 2.05) is 26.0 Å². The number of ether oxygens (including phenoxy) is 2. The van der Waals surface area contributed by atoms with E-state index < -0.39 is 6.04 Å². The number of hydrogen-bond acceptors (Lipinski definition) is 7. The van der Waals surface area contributed by atoms with Gasteiger partial charge in [-0.1, -0.05) is 43.8 Å². The number of hydrogen-bond donors (Lipinski definition) is 1. The first-order valence-electron chi connectivity index (χ1n) is 11.1. The molecule has 1 N–H and O–H groups in total. The summed E-state index contributed by atoms with van der Waals surface area (Å²) in [5.41, 5.74) is 1.60. The lowest BCUT2D eigenvalue weighted by Gasteiger charge is -2.20. The minimum Gasteiger partial charge on any atom is -0.497 e. The molecule has 35 heavy (non-hydrogen) atoms. The summed E-state index contributed by atoms with van der Waals surface area (Å²) in [7, 11) is 3.14. The monoisotopic (exact) mass is 495 g/mol. The van der Waals surface area contributed by atoms with E-state index in [0.29, 0.717) is 22.4 Å². The summed E-state index contributed by atoms with van der Waals surface area (Å²) in [5.74, 6) is 0.538. The lowest BCUT2D eigenvalue weighted by molar-refractivity contribution is -0.126. The Balaban J connectivity index is 1.87. The van der Waals surface area contributed by atoms with Crippen molar-refractivity contribution in [3.8, 4) is 11.5 Å². The second-order valence-electron chi connectivity index (χ2n) is 8.23. The second kappa shape index (κ2) is 11.7. The minimum atomic E-state index is -0.560. The summed E-state index contributed by atoms with van der Waals surface area (Å²) in [4.78, 5) is 43.8. The Morgan fingerprint density at radius 3 is 2.37 bits per heavy atom. The highest BCUT2D eigenvalue weighted by molar-refractivity contribution is 8.14. The number of anilines is 1. The third kappa shape index (κ3) is 6.51. The molecule has 0 aliphatic carbocycles. The summed E-state index contributed by atoms with van der Waals surface area (Å²) in [6.45, 7) is 5.21. The van der Waals surface area contributed by atoms with Crippen molar-refractivity contribution in [2.24, 2.45) is 10.9 Å². The van der Waals surface area contributed by atoms with E-state index >= 15 is 0 Å². The van der Waals surface area contributed by atoms with Crippen LogP contribution in [-0.4, -0.2) is 48.8 Å². The van der Waals surface area contributed by atoms with Crippen molar-refractivity contribution in [1.82, 2.24) is 5.32 Å². The fraction of sp³-hybridized carbons (Fsp3) is 0.308. The number of amidine groups is 1. The first-order chi connectivity index (χ1) is 16.7. The molecule has 2 amide bonds. The Hall–Kier alpha value is -3.59. The fourth-order valence-electron chi connectivity index (χ4n) is 3.51. The Morgan fingerprint density at radius 1 is 1.09 bits per heavy atom. The van der Waals surface area contributed by atoms with Crippen LogP contribution in [0.2, 0.25) is 0 Å². The molecule has 2 aromatic rings. The number of benzene rings is 2. The molecule has 9 heteroatoms. The van der Waals surface area contributed by atoms with Crippen molar-refractivity contribution in [1.29, 1.82) is 0 Å². The SMILES string of the molecule is COc1ccc(/C=C2\N=C(SCC(=O)NC(C(C)=O)C(C)C)N(c3cccc(OC)c3)C2=O)cc1. The Bertz CT molecular complexity index is 1160. The summed E-state index contributed by atoms with van der Waals surface area (Å²) < 4.78 is 10.5. The molecule has 0 bridgehead atoms. The van der Waals surface area contributed by atoms with Crippen LogP contribution >= 0.6 is 11.8 Å². The third-order valence-corrected chi connectivity index (χ3v) is 6.25. The molecule has 1 atom stereocenters. The minimum absolute atomic E-state index is 0.00109. The average Bonchev–Trinajstić information content (AvgIpc) is 3.16. The first-order valence-corrected chi connectivity index (χ1v) is 12.1. The predicted molar refractivity (Wildman–Crippen MR) is 139 cm³/mol. The van der Waals surface area contributed by atoms with Gasteiger partial charge in [0.15, 0.2) is 11.0 Å².